The Morgan fingerprint density at radius 1 is 1.07 bits per heavy atom. The summed E-state index contributed by atoms with van der Waals surface area (Å²) in [7, 11) is 0. The quantitative estimate of drug-likeness (QED) is 0.206. The number of carbonyl (C=O) groups is 1. The van der Waals surface area contributed by atoms with Crippen LogP contribution in [0.25, 0.3) is 11.0 Å². The van der Waals surface area contributed by atoms with Gasteiger partial charge in [-0.05, 0) is 85.7 Å². The minimum atomic E-state index is -4.76. The Bertz CT molecular complexity index is 1610. The topological polar surface area (TPSA) is 77.4 Å². The fourth-order valence-electron chi connectivity index (χ4n) is 5.61. The van der Waals surface area contributed by atoms with Gasteiger partial charge in [-0.25, -0.2) is 4.98 Å². The van der Waals surface area contributed by atoms with Crippen LogP contribution in [0.15, 0.2) is 78.9 Å². The van der Waals surface area contributed by atoms with Crippen molar-refractivity contribution in [2.75, 3.05) is 17.2 Å². The maximum atomic E-state index is 12.6. The molecule has 42 heavy (non-hydrogen) atoms. The molecule has 0 bridgehead atoms. The molecule has 1 saturated carbocycles. The summed E-state index contributed by atoms with van der Waals surface area (Å²) in [4.78, 5) is 17.3. The number of imidazole rings is 1. The van der Waals surface area contributed by atoms with Crippen LogP contribution < -0.4 is 20.1 Å². The first-order valence-corrected chi connectivity index (χ1v) is 13.6. The van der Waals surface area contributed by atoms with Gasteiger partial charge in [-0.15, -0.1) is 13.2 Å². The number of alkyl halides is 3. The Morgan fingerprint density at radius 2 is 1.81 bits per heavy atom. The lowest BCUT2D eigenvalue weighted by molar-refractivity contribution is -0.274. The zero-order chi connectivity index (χ0) is 30.1. The lowest BCUT2D eigenvalue weighted by Crippen LogP contribution is -2.26. The number of ether oxygens (including phenoxy) is 2. The molecule has 4 aromatic rings. The Kier molecular flexibility index (Phi) is 7.90. The largest absolute Gasteiger partial charge is 0.573 e. The molecule has 0 aliphatic heterocycles. The highest BCUT2D eigenvalue weighted by molar-refractivity contribution is 5.92. The number of rotatable bonds is 8. The molecule has 1 atom stereocenters. The molecule has 10 heteroatoms. The molecule has 1 amide bonds. The number of hydrogen-bond acceptors (Lipinski definition) is 5. The summed E-state index contributed by atoms with van der Waals surface area (Å²) in [6.45, 7) is 10.5. The first kappa shape index (κ1) is 29.0. The van der Waals surface area contributed by atoms with Gasteiger partial charge in [0.25, 0.3) is 5.91 Å². The van der Waals surface area contributed by atoms with Gasteiger partial charge in [-0.1, -0.05) is 38.1 Å². The SMILES string of the molecule is C=C1C[C@H](n2c(Nc3ccc(OC(F)(F)F)cc3)nc3cc(OCC(=O)Nc4cccc(C)c4)ccc32)CC(C)(C)C1. The minimum Gasteiger partial charge on any atom is -0.484 e. The standard InChI is InChI=1S/C32H33F3N4O3/c1-20-6-5-7-23(14-20)36-29(40)19-41-26-12-13-28-27(16-26)38-30(39(28)24-15-21(2)17-31(3,4)18-24)37-22-8-10-25(11-9-22)42-32(33,34)35/h5-14,16,24H,2,15,17-19H2,1,3-4H3,(H,36,40)(H,37,38)/t24-/m0/s1. The van der Waals surface area contributed by atoms with Gasteiger partial charge in [0.1, 0.15) is 11.5 Å². The third-order valence-corrected chi connectivity index (χ3v) is 7.08. The van der Waals surface area contributed by atoms with Gasteiger partial charge in [-0.2, -0.15) is 0 Å². The number of aryl methyl sites for hydroxylation is 1. The summed E-state index contributed by atoms with van der Waals surface area (Å²) in [5, 5.41) is 6.10. The van der Waals surface area contributed by atoms with Crippen molar-refractivity contribution in [3.8, 4) is 11.5 Å². The lowest BCUT2D eigenvalue weighted by Gasteiger charge is -2.38. The van der Waals surface area contributed by atoms with E-state index >= 15 is 0 Å². The molecule has 1 fully saturated rings. The number of nitrogens with zero attached hydrogens (tertiary/aromatic N) is 2. The zero-order valence-corrected chi connectivity index (χ0v) is 23.7. The minimum absolute atomic E-state index is 0.0398. The monoisotopic (exact) mass is 578 g/mol. The fraction of sp³-hybridized carbons (Fsp3) is 0.312. The van der Waals surface area contributed by atoms with Gasteiger partial charge in [0.15, 0.2) is 6.61 Å². The fourth-order valence-corrected chi connectivity index (χ4v) is 5.61. The van der Waals surface area contributed by atoms with Crippen molar-refractivity contribution in [2.45, 2.75) is 52.4 Å². The second kappa shape index (κ2) is 11.4. The van der Waals surface area contributed by atoms with Crippen LogP contribution in [0.2, 0.25) is 0 Å². The van der Waals surface area contributed by atoms with Crippen LogP contribution >= 0.6 is 0 Å². The molecule has 0 saturated heterocycles. The summed E-state index contributed by atoms with van der Waals surface area (Å²) >= 11 is 0. The normalized spacial score (nSPS) is 16.7. The van der Waals surface area contributed by atoms with Crippen LogP contribution in [-0.2, 0) is 4.79 Å². The second-order valence-electron chi connectivity index (χ2n) is 11.5. The van der Waals surface area contributed by atoms with E-state index in [1.807, 2.05) is 37.3 Å². The predicted molar refractivity (Wildman–Crippen MR) is 157 cm³/mol. The van der Waals surface area contributed by atoms with E-state index in [1.54, 1.807) is 12.1 Å². The number of nitrogens with one attached hydrogen (secondary N) is 2. The second-order valence-corrected chi connectivity index (χ2v) is 11.5. The average molecular weight is 579 g/mol. The van der Waals surface area contributed by atoms with Crippen LogP contribution in [0.5, 0.6) is 11.5 Å². The molecule has 0 unspecified atom stereocenters. The molecular formula is C32H33F3N4O3. The number of aromatic nitrogens is 2. The molecule has 1 aliphatic rings. The van der Waals surface area contributed by atoms with E-state index in [0.29, 0.717) is 28.6 Å². The van der Waals surface area contributed by atoms with Crippen molar-refractivity contribution in [3.63, 3.8) is 0 Å². The van der Waals surface area contributed by atoms with Crippen molar-refractivity contribution >= 4 is 34.3 Å². The highest BCUT2D eigenvalue weighted by Crippen LogP contribution is 2.45. The Morgan fingerprint density at radius 3 is 2.50 bits per heavy atom. The maximum absolute atomic E-state index is 12.6. The van der Waals surface area contributed by atoms with E-state index in [-0.39, 0.29) is 29.7 Å². The number of halogens is 3. The van der Waals surface area contributed by atoms with Gasteiger partial charge in [0.05, 0.1) is 11.0 Å². The van der Waals surface area contributed by atoms with Crippen LogP contribution in [-0.4, -0.2) is 28.4 Å². The van der Waals surface area contributed by atoms with Crippen LogP contribution in [0.4, 0.5) is 30.5 Å². The van der Waals surface area contributed by atoms with Crippen molar-refractivity contribution in [3.05, 3.63) is 84.4 Å². The van der Waals surface area contributed by atoms with E-state index in [9.17, 15) is 18.0 Å². The number of carbonyl (C=O) groups excluding carboxylic acids is 1. The van der Waals surface area contributed by atoms with Crippen molar-refractivity contribution < 1.29 is 27.4 Å². The smallest absolute Gasteiger partial charge is 0.484 e. The number of hydrogen-bond donors (Lipinski definition) is 2. The molecule has 1 heterocycles. The third kappa shape index (κ3) is 7.23. The molecule has 1 aliphatic carbocycles. The lowest BCUT2D eigenvalue weighted by atomic mass is 9.73. The zero-order valence-electron chi connectivity index (χ0n) is 23.7. The highest BCUT2D eigenvalue weighted by Gasteiger charge is 2.33. The first-order valence-electron chi connectivity index (χ1n) is 13.6. The Labute approximate surface area is 242 Å². The van der Waals surface area contributed by atoms with Gasteiger partial charge in [0, 0.05) is 23.5 Å². The maximum Gasteiger partial charge on any atom is 0.573 e. The van der Waals surface area contributed by atoms with E-state index in [0.717, 1.165) is 35.9 Å². The molecule has 7 nitrogen and oxygen atoms in total. The number of anilines is 3. The molecule has 2 N–H and O–H groups in total. The van der Waals surface area contributed by atoms with Gasteiger partial charge in [-0.3, -0.25) is 4.79 Å². The molecular weight excluding hydrogens is 545 g/mol. The number of benzene rings is 3. The number of amides is 1. The van der Waals surface area contributed by atoms with Gasteiger partial charge >= 0.3 is 6.36 Å². The molecule has 1 aromatic heterocycles. The Balaban J connectivity index is 1.40. The molecule has 220 valence electrons. The van der Waals surface area contributed by atoms with Crippen LogP contribution in [0, 0.1) is 12.3 Å². The number of allylic oxidation sites excluding steroid dienone is 1. The summed E-state index contributed by atoms with van der Waals surface area (Å²) in [5.41, 5.74) is 4.99. The Hall–Kier alpha value is -4.47. The van der Waals surface area contributed by atoms with Crippen molar-refractivity contribution in [2.24, 2.45) is 5.41 Å². The van der Waals surface area contributed by atoms with Crippen LogP contribution in [0.3, 0.4) is 0 Å². The predicted octanol–water partition coefficient (Wildman–Crippen LogP) is 8.31. The third-order valence-electron chi connectivity index (χ3n) is 7.08. The number of fused-ring (bicyclic) bond motifs is 1. The highest BCUT2D eigenvalue weighted by atomic mass is 19.4. The molecule has 5 rings (SSSR count). The van der Waals surface area contributed by atoms with E-state index in [4.69, 9.17) is 9.72 Å². The summed E-state index contributed by atoms with van der Waals surface area (Å²) in [6, 6.07) is 18.6. The summed E-state index contributed by atoms with van der Waals surface area (Å²) < 4.78 is 49.8. The molecule has 0 radical (unpaired) electrons. The molecule has 0 spiro atoms. The van der Waals surface area contributed by atoms with Crippen molar-refractivity contribution in [1.29, 1.82) is 0 Å². The first-order chi connectivity index (χ1) is 19.8. The van der Waals surface area contributed by atoms with E-state index < -0.39 is 6.36 Å². The van der Waals surface area contributed by atoms with E-state index in [2.05, 4.69) is 40.4 Å². The molecule has 3 aromatic carbocycles. The summed E-state index contributed by atoms with van der Waals surface area (Å²) in [6.07, 6.45) is -2.16. The van der Waals surface area contributed by atoms with Crippen molar-refractivity contribution in [1.82, 2.24) is 9.55 Å². The summed E-state index contributed by atoms with van der Waals surface area (Å²) in [5.74, 6) is 0.439. The van der Waals surface area contributed by atoms with Gasteiger partial charge in [0.2, 0.25) is 5.95 Å². The van der Waals surface area contributed by atoms with E-state index in [1.165, 1.54) is 24.3 Å². The van der Waals surface area contributed by atoms with Gasteiger partial charge < -0.3 is 24.7 Å². The van der Waals surface area contributed by atoms with Crippen LogP contribution in [0.1, 0.15) is 44.7 Å². The average Bonchev–Trinajstić information content (AvgIpc) is 3.23.